The maximum absolute atomic E-state index is 5.59. The molecule has 0 aliphatic carbocycles. The van der Waals surface area contributed by atoms with Gasteiger partial charge in [-0.15, -0.1) is 0 Å². The van der Waals surface area contributed by atoms with Gasteiger partial charge in [0.15, 0.2) is 0 Å². The molecule has 0 amide bonds. The van der Waals surface area contributed by atoms with Gasteiger partial charge in [-0.2, -0.15) is 0 Å². The van der Waals surface area contributed by atoms with Crippen LogP contribution in [-0.2, 0) is 0 Å². The van der Waals surface area contributed by atoms with Crippen molar-refractivity contribution in [3.05, 3.63) is 47.9 Å². The van der Waals surface area contributed by atoms with Gasteiger partial charge in [0.2, 0.25) is 5.88 Å². The first-order valence-electron chi connectivity index (χ1n) is 4.77. The van der Waals surface area contributed by atoms with E-state index in [2.05, 4.69) is 9.97 Å². The summed E-state index contributed by atoms with van der Waals surface area (Å²) < 4.78 is 5.59. The van der Waals surface area contributed by atoms with Gasteiger partial charge < -0.3 is 4.74 Å². The first-order chi connectivity index (χ1) is 7.24. The first kappa shape index (κ1) is 9.65. The van der Waals surface area contributed by atoms with Gasteiger partial charge in [0, 0.05) is 11.8 Å². The van der Waals surface area contributed by atoms with E-state index in [1.807, 2.05) is 44.2 Å². The number of aromatic nitrogens is 2. The maximum atomic E-state index is 5.59. The molecule has 1 aromatic carbocycles. The average Bonchev–Trinajstić information content (AvgIpc) is 2.17. The zero-order valence-corrected chi connectivity index (χ0v) is 8.77. The molecule has 2 rings (SSSR count). The molecule has 0 saturated carbocycles. The zero-order chi connectivity index (χ0) is 10.7. The number of hydrogen-bond acceptors (Lipinski definition) is 3. The molecule has 0 fully saturated rings. The molecule has 0 N–H and O–H groups in total. The molecular weight excluding hydrogens is 188 g/mol. The predicted octanol–water partition coefficient (Wildman–Crippen LogP) is 2.89. The van der Waals surface area contributed by atoms with E-state index in [9.17, 15) is 0 Å². The molecule has 1 heterocycles. The number of hydrogen-bond donors (Lipinski definition) is 0. The molecule has 15 heavy (non-hydrogen) atoms. The molecule has 2 aromatic rings. The summed E-state index contributed by atoms with van der Waals surface area (Å²) in [5, 5.41) is 0. The number of rotatable bonds is 2. The van der Waals surface area contributed by atoms with Crippen molar-refractivity contribution in [2.45, 2.75) is 13.8 Å². The van der Waals surface area contributed by atoms with Gasteiger partial charge in [-0.25, -0.2) is 9.97 Å². The minimum absolute atomic E-state index is 0.577. The first-order valence-corrected chi connectivity index (χ1v) is 4.77. The standard InChI is InChI=1S/C12H12N2O/c1-9-4-3-5-11(6-9)15-12-7-10(2)13-8-14-12/h3-8H,1-2H3. The largest absolute Gasteiger partial charge is 0.439 e. The van der Waals surface area contributed by atoms with Crippen molar-refractivity contribution in [2.24, 2.45) is 0 Å². The number of aryl methyl sites for hydroxylation is 2. The van der Waals surface area contributed by atoms with E-state index < -0.39 is 0 Å². The maximum Gasteiger partial charge on any atom is 0.222 e. The smallest absolute Gasteiger partial charge is 0.222 e. The lowest BCUT2D eigenvalue weighted by Gasteiger charge is -2.04. The van der Waals surface area contributed by atoms with E-state index in [1.54, 1.807) is 0 Å². The number of benzene rings is 1. The molecule has 0 spiro atoms. The monoisotopic (exact) mass is 200 g/mol. The fourth-order valence-corrected chi connectivity index (χ4v) is 1.29. The van der Waals surface area contributed by atoms with Gasteiger partial charge in [-0.05, 0) is 31.5 Å². The molecule has 0 aliphatic heterocycles. The van der Waals surface area contributed by atoms with Crippen LogP contribution in [0.1, 0.15) is 11.3 Å². The third-order valence-corrected chi connectivity index (χ3v) is 1.99. The van der Waals surface area contributed by atoms with Gasteiger partial charge in [-0.1, -0.05) is 12.1 Å². The molecule has 0 saturated heterocycles. The Kier molecular flexibility index (Phi) is 2.63. The third kappa shape index (κ3) is 2.53. The van der Waals surface area contributed by atoms with Crippen molar-refractivity contribution >= 4 is 0 Å². The topological polar surface area (TPSA) is 35.0 Å². The van der Waals surface area contributed by atoms with Crippen LogP contribution in [0, 0.1) is 13.8 Å². The Morgan fingerprint density at radius 3 is 2.67 bits per heavy atom. The summed E-state index contributed by atoms with van der Waals surface area (Å²) in [4.78, 5) is 8.04. The van der Waals surface area contributed by atoms with Crippen molar-refractivity contribution in [2.75, 3.05) is 0 Å². The van der Waals surface area contributed by atoms with Crippen molar-refractivity contribution in [1.29, 1.82) is 0 Å². The van der Waals surface area contributed by atoms with Crippen LogP contribution in [0.2, 0.25) is 0 Å². The average molecular weight is 200 g/mol. The summed E-state index contributed by atoms with van der Waals surface area (Å²) in [6.07, 6.45) is 1.50. The molecule has 0 atom stereocenters. The molecule has 0 radical (unpaired) electrons. The van der Waals surface area contributed by atoms with Crippen molar-refractivity contribution < 1.29 is 4.74 Å². The zero-order valence-electron chi connectivity index (χ0n) is 8.77. The van der Waals surface area contributed by atoms with Crippen molar-refractivity contribution in [1.82, 2.24) is 9.97 Å². The predicted molar refractivity (Wildman–Crippen MR) is 58.0 cm³/mol. The summed E-state index contributed by atoms with van der Waals surface area (Å²) in [6.45, 7) is 3.93. The minimum atomic E-state index is 0.577. The van der Waals surface area contributed by atoms with Crippen LogP contribution >= 0.6 is 0 Å². The summed E-state index contributed by atoms with van der Waals surface area (Å²) in [5.74, 6) is 1.38. The van der Waals surface area contributed by atoms with Gasteiger partial charge in [-0.3, -0.25) is 0 Å². The van der Waals surface area contributed by atoms with Gasteiger partial charge in [0.1, 0.15) is 12.1 Å². The van der Waals surface area contributed by atoms with E-state index >= 15 is 0 Å². The van der Waals surface area contributed by atoms with Gasteiger partial charge in [0.05, 0.1) is 0 Å². The van der Waals surface area contributed by atoms with E-state index in [1.165, 1.54) is 11.9 Å². The van der Waals surface area contributed by atoms with Crippen LogP contribution in [0.5, 0.6) is 11.6 Å². The molecule has 3 nitrogen and oxygen atoms in total. The summed E-state index contributed by atoms with van der Waals surface area (Å²) in [5.41, 5.74) is 2.06. The van der Waals surface area contributed by atoms with Gasteiger partial charge in [0.25, 0.3) is 0 Å². The molecule has 0 bridgehead atoms. The normalized spacial score (nSPS) is 10.0. The highest BCUT2D eigenvalue weighted by Gasteiger charge is 1.98. The van der Waals surface area contributed by atoms with E-state index in [0.717, 1.165) is 11.4 Å². The van der Waals surface area contributed by atoms with Crippen LogP contribution in [0.3, 0.4) is 0 Å². The second-order valence-corrected chi connectivity index (χ2v) is 3.42. The highest BCUT2D eigenvalue weighted by atomic mass is 16.5. The summed E-state index contributed by atoms with van der Waals surface area (Å²) in [7, 11) is 0. The molecular formula is C12H12N2O. The van der Waals surface area contributed by atoms with Crippen LogP contribution < -0.4 is 4.74 Å². The second kappa shape index (κ2) is 4.09. The highest BCUT2D eigenvalue weighted by molar-refractivity contribution is 5.30. The molecule has 3 heteroatoms. The molecule has 76 valence electrons. The van der Waals surface area contributed by atoms with E-state index in [-0.39, 0.29) is 0 Å². The van der Waals surface area contributed by atoms with E-state index in [4.69, 9.17) is 4.74 Å². The Morgan fingerprint density at radius 1 is 1.07 bits per heavy atom. The van der Waals surface area contributed by atoms with Crippen molar-refractivity contribution in [3.8, 4) is 11.6 Å². The summed E-state index contributed by atoms with van der Waals surface area (Å²) in [6, 6.07) is 9.67. The SMILES string of the molecule is Cc1cccc(Oc2cc(C)ncn2)c1. The fraction of sp³-hybridized carbons (Fsp3) is 0.167. The molecule has 0 aliphatic rings. The quantitative estimate of drug-likeness (QED) is 0.747. The Bertz CT molecular complexity index is 425. The van der Waals surface area contributed by atoms with Crippen LogP contribution in [-0.4, -0.2) is 9.97 Å². The number of nitrogens with zero attached hydrogens (tertiary/aromatic N) is 2. The fourth-order valence-electron chi connectivity index (χ4n) is 1.29. The second-order valence-electron chi connectivity index (χ2n) is 3.42. The Labute approximate surface area is 88.8 Å². The number of ether oxygens (including phenoxy) is 1. The van der Waals surface area contributed by atoms with Crippen LogP contribution in [0.25, 0.3) is 0 Å². The minimum Gasteiger partial charge on any atom is -0.439 e. The Balaban J connectivity index is 2.22. The Morgan fingerprint density at radius 2 is 1.93 bits per heavy atom. The van der Waals surface area contributed by atoms with Crippen molar-refractivity contribution in [3.63, 3.8) is 0 Å². The molecule has 0 unspecified atom stereocenters. The van der Waals surface area contributed by atoms with Crippen LogP contribution in [0.4, 0.5) is 0 Å². The molecule has 1 aromatic heterocycles. The van der Waals surface area contributed by atoms with Crippen LogP contribution in [0.15, 0.2) is 36.7 Å². The van der Waals surface area contributed by atoms with Gasteiger partial charge >= 0.3 is 0 Å². The Hall–Kier alpha value is -1.90. The lowest BCUT2D eigenvalue weighted by atomic mass is 10.2. The van der Waals surface area contributed by atoms with E-state index in [0.29, 0.717) is 5.88 Å². The lowest BCUT2D eigenvalue weighted by molar-refractivity contribution is 0.460. The summed E-state index contributed by atoms with van der Waals surface area (Å²) >= 11 is 0. The lowest BCUT2D eigenvalue weighted by Crippen LogP contribution is -1.90. The highest BCUT2D eigenvalue weighted by Crippen LogP contribution is 2.19. The third-order valence-electron chi connectivity index (χ3n) is 1.99.